The van der Waals surface area contributed by atoms with E-state index in [1.807, 2.05) is 85.0 Å². The first-order valence-electron chi connectivity index (χ1n) is 9.63. The summed E-state index contributed by atoms with van der Waals surface area (Å²) in [5.41, 5.74) is 1.10. The van der Waals surface area contributed by atoms with Crippen LogP contribution in [0, 0.1) is 5.41 Å². The highest BCUT2D eigenvalue weighted by molar-refractivity contribution is 6.63. The summed E-state index contributed by atoms with van der Waals surface area (Å²) in [6.45, 7) is 13.8. The maximum atomic E-state index is 13.1. The predicted molar refractivity (Wildman–Crippen MR) is 112 cm³/mol. The highest BCUT2D eigenvalue weighted by atomic mass is 16.7. The Bertz CT molecular complexity index is 859. The van der Waals surface area contributed by atoms with Crippen LogP contribution in [0.25, 0.3) is 11.1 Å². The Labute approximate surface area is 168 Å². The van der Waals surface area contributed by atoms with Crippen molar-refractivity contribution < 1.29 is 18.8 Å². The van der Waals surface area contributed by atoms with Gasteiger partial charge in [0, 0.05) is 11.6 Å². The van der Waals surface area contributed by atoms with Crippen LogP contribution in [0.15, 0.2) is 36.5 Å². The molecule has 0 bridgehead atoms. The van der Waals surface area contributed by atoms with E-state index in [2.05, 4.69) is 0 Å². The lowest BCUT2D eigenvalue weighted by molar-refractivity contribution is 0.00578. The third kappa shape index (κ3) is 3.51. The molecule has 5 nitrogen and oxygen atoms in total. The molecule has 2 aromatic rings. The molecule has 1 aliphatic rings. The summed E-state index contributed by atoms with van der Waals surface area (Å²) in [4.78, 5) is 13.1. The third-order valence-corrected chi connectivity index (χ3v) is 5.66. The first-order valence-corrected chi connectivity index (χ1v) is 9.63. The Hall–Kier alpha value is -2.05. The van der Waals surface area contributed by atoms with Crippen molar-refractivity contribution in [1.29, 1.82) is 0 Å². The molecule has 1 aromatic heterocycles. The van der Waals surface area contributed by atoms with Gasteiger partial charge in [0.15, 0.2) is 0 Å². The average molecular weight is 383 g/mol. The lowest BCUT2D eigenvalue weighted by atomic mass is 9.79. The van der Waals surface area contributed by atoms with Crippen LogP contribution in [0.1, 0.15) is 53.3 Å². The summed E-state index contributed by atoms with van der Waals surface area (Å²) in [7, 11) is 1.01. The molecular weight excluding hydrogens is 353 g/mol. The average Bonchev–Trinajstić information content (AvgIpc) is 3.12. The molecule has 6 heteroatoms. The number of hydrogen-bond acceptors (Lipinski definition) is 4. The summed E-state index contributed by atoms with van der Waals surface area (Å²) >= 11 is 0. The minimum absolute atomic E-state index is 0.00280. The van der Waals surface area contributed by atoms with Gasteiger partial charge in [-0.3, -0.25) is 9.36 Å². The van der Waals surface area contributed by atoms with E-state index in [9.17, 15) is 4.79 Å². The molecule has 0 unspecified atom stereocenters. The predicted octanol–water partition coefficient (Wildman–Crippen LogP) is 4.15. The summed E-state index contributed by atoms with van der Waals surface area (Å²) in [6, 6.07) is 9.73. The summed E-state index contributed by atoms with van der Waals surface area (Å²) in [6.07, 6.45) is 1.81. The number of benzene rings is 1. The molecule has 1 saturated heterocycles. The highest BCUT2D eigenvalue weighted by Gasteiger charge is 2.53. The minimum atomic E-state index is -0.636. The van der Waals surface area contributed by atoms with E-state index in [1.165, 1.54) is 0 Å². The van der Waals surface area contributed by atoms with Crippen LogP contribution in [0.4, 0.5) is 0 Å². The van der Waals surface area contributed by atoms with Crippen LogP contribution in [0.5, 0.6) is 5.75 Å². The largest absolute Gasteiger partial charge is 0.513 e. The van der Waals surface area contributed by atoms with Crippen LogP contribution in [-0.4, -0.2) is 35.9 Å². The second-order valence-corrected chi connectivity index (χ2v) is 9.36. The molecule has 1 aliphatic heterocycles. The fourth-order valence-electron chi connectivity index (χ4n) is 3.19. The van der Waals surface area contributed by atoms with Crippen molar-refractivity contribution in [3.05, 3.63) is 36.5 Å². The maximum absolute atomic E-state index is 13.1. The SMILES string of the molecule is COc1ccc(-c2ccn(C(=O)C(C)(C)C)c2B2OC(C)(C)C(C)(C)O2)cc1. The van der Waals surface area contributed by atoms with Crippen LogP contribution in [0.3, 0.4) is 0 Å². The van der Waals surface area contributed by atoms with E-state index in [0.29, 0.717) is 0 Å². The minimum Gasteiger partial charge on any atom is -0.497 e. The Balaban J connectivity index is 2.14. The van der Waals surface area contributed by atoms with Crippen molar-refractivity contribution >= 4 is 18.6 Å². The van der Waals surface area contributed by atoms with E-state index in [-0.39, 0.29) is 5.91 Å². The zero-order valence-corrected chi connectivity index (χ0v) is 18.1. The molecule has 0 atom stereocenters. The summed E-state index contributed by atoms with van der Waals surface area (Å²) in [5.74, 6) is 0.781. The lowest BCUT2D eigenvalue weighted by Crippen LogP contribution is -2.44. The quantitative estimate of drug-likeness (QED) is 0.748. The molecule has 0 N–H and O–H groups in total. The van der Waals surface area contributed by atoms with Gasteiger partial charge < -0.3 is 14.0 Å². The fraction of sp³-hybridized carbons (Fsp3) is 0.500. The van der Waals surface area contributed by atoms with Gasteiger partial charge in [0.2, 0.25) is 5.91 Å². The molecule has 28 heavy (non-hydrogen) atoms. The lowest BCUT2D eigenvalue weighted by Gasteiger charge is -2.32. The first kappa shape index (κ1) is 20.7. The molecule has 3 rings (SSSR count). The van der Waals surface area contributed by atoms with Gasteiger partial charge in [-0.15, -0.1) is 0 Å². The van der Waals surface area contributed by atoms with Gasteiger partial charge in [-0.2, -0.15) is 0 Å². The Morgan fingerprint density at radius 1 is 1.00 bits per heavy atom. The normalized spacial score (nSPS) is 18.4. The van der Waals surface area contributed by atoms with Crippen LogP contribution in [-0.2, 0) is 9.31 Å². The van der Waals surface area contributed by atoms with Gasteiger partial charge in [-0.05, 0) is 57.0 Å². The van der Waals surface area contributed by atoms with Gasteiger partial charge in [0.25, 0.3) is 0 Å². The van der Waals surface area contributed by atoms with Gasteiger partial charge in [0.05, 0.1) is 23.9 Å². The Morgan fingerprint density at radius 2 is 1.54 bits per heavy atom. The molecular formula is C22H30BNO4. The molecule has 0 radical (unpaired) electrons. The zero-order chi connectivity index (χ0) is 20.9. The maximum Gasteiger partial charge on any atom is 0.513 e. The molecule has 0 amide bonds. The standard InChI is InChI=1S/C22H30BNO4/c1-20(2,3)19(25)24-14-13-17(15-9-11-16(26-8)12-10-15)18(24)23-27-21(4,5)22(6,7)28-23/h9-14H,1-8H3. The molecule has 0 aliphatic carbocycles. The molecule has 150 valence electrons. The van der Waals surface area contributed by atoms with Crippen LogP contribution < -0.4 is 10.3 Å². The number of hydrogen-bond donors (Lipinski definition) is 0. The fourth-order valence-corrected chi connectivity index (χ4v) is 3.19. The number of aromatic nitrogens is 1. The van der Waals surface area contributed by atoms with Gasteiger partial charge in [0.1, 0.15) is 5.75 Å². The second kappa shape index (κ2) is 6.78. The van der Waals surface area contributed by atoms with Crippen molar-refractivity contribution in [2.45, 2.75) is 59.7 Å². The topological polar surface area (TPSA) is 49.7 Å². The van der Waals surface area contributed by atoms with E-state index in [1.54, 1.807) is 11.7 Å². The van der Waals surface area contributed by atoms with E-state index >= 15 is 0 Å². The molecule has 2 heterocycles. The summed E-state index contributed by atoms with van der Waals surface area (Å²) in [5, 5.41) is 0. The smallest absolute Gasteiger partial charge is 0.497 e. The number of ether oxygens (including phenoxy) is 1. The Morgan fingerprint density at radius 3 is 2.00 bits per heavy atom. The van der Waals surface area contributed by atoms with Crippen molar-refractivity contribution in [2.75, 3.05) is 7.11 Å². The van der Waals surface area contributed by atoms with Crippen molar-refractivity contribution in [1.82, 2.24) is 4.57 Å². The van der Waals surface area contributed by atoms with Gasteiger partial charge >= 0.3 is 7.12 Å². The van der Waals surface area contributed by atoms with Crippen molar-refractivity contribution in [3.8, 4) is 16.9 Å². The molecule has 1 fully saturated rings. The monoisotopic (exact) mass is 383 g/mol. The van der Waals surface area contributed by atoms with Gasteiger partial charge in [-0.25, -0.2) is 0 Å². The third-order valence-electron chi connectivity index (χ3n) is 5.66. The van der Waals surface area contributed by atoms with Gasteiger partial charge in [-0.1, -0.05) is 32.9 Å². The van der Waals surface area contributed by atoms with Crippen LogP contribution in [0.2, 0.25) is 0 Å². The number of nitrogens with zero attached hydrogens (tertiary/aromatic N) is 1. The van der Waals surface area contributed by atoms with E-state index in [4.69, 9.17) is 14.0 Å². The summed E-state index contributed by atoms with van der Waals surface area (Å²) < 4.78 is 19.5. The second-order valence-electron chi connectivity index (χ2n) is 9.36. The number of methoxy groups -OCH3 is 1. The zero-order valence-electron chi connectivity index (χ0n) is 18.1. The van der Waals surface area contributed by atoms with Crippen molar-refractivity contribution in [2.24, 2.45) is 5.41 Å². The van der Waals surface area contributed by atoms with E-state index in [0.717, 1.165) is 22.5 Å². The Kier molecular flexibility index (Phi) is 5.01. The van der Waals surface area contributed by atoms with E-state index < -0.39 is 23.7 Å². The number of rotatable bonds is 3. The first-order chi connectivity index (χ1) is 12.9. The molecule has 0 saturated carbocycles. The van der Waals surface area contributed by atoms with Crippen molar-refractivity contribution in [3.63, 3.8) is 0 Å². The molecule has 0 spiro atoms. The number of carbonyl (C=O) groups excluding carboxylic acids is 1. The van der Waals surface area contributed by atoms with Crippen LogP contribution >= 0.6 is 0 Å². The number of carbonyl (C=O) groups is 1. The highest BCUT2D eigenvalue weighted by Crippen LogP contribution is 2.38. The molecule has 1 aromatic carbocycles.